The number of carbonyl (C=O) groups excluding carboxylic acids is 2. The zero-order valence-electron chi connectivity index (χ0n) is 22.2. The van der Waals surface area contributed by atoms with E-state index in [0.717, 1.165) is 11.1 Å². The summed E-state index contributed by atoms with van der Waals surface area (Å²) in [6.07, 6.45) is 0.607. The number of non-ortho nitro benzene ring substituents is 1. The summed E-state index contributed by atoms with van der Waals surface area (Å²) in [5.41, 5.74) is 2.49. The molecule has 1 saturated heterocycles. The SMILES string of the molecule is Cc1cc(C(O)=C2C(=O)C(=O)N(CCCN(C)C)C2c2ccc([N+](=O)[O-])cc2)ccc1OCc1ccccc1. The monoisotopic (exact) mass is 529 g/mol. The molecule has 1 aliphatic rings. The van der Waals surface area contributed by atoms with E-state index >= 15 is 0 Å². The maximum absolute atomic E-state index is 13.2. The van der Waals surface area contributed by atoms with Crippen LogP contribution in [0.15, 0.2) is 78.4 Å². The van der Waals surface area contributed by atoms with Crippen LogP contribution in [0.1, 0.15) is 34.7 Å². The van der Waals surface area contributed by atoms with Gasteiger partial charge in [0.25, 0.3) is 17.4 Å². The molecular formula is C30H31N3O6. The van der Waals surface area contributed by atoms with Gasteiger partial charge >= 0.3 is 0 Å². The molecule has 0 saturated carbocycles. The maximum atomic E-state index is 13.2. The van der Waals surface area contributed by atoms with Crippen molar-refractivity contribution >= 4 is 23.1 Å². The number of aryl methyl sites for hydroxylation is 1. The molecule has 1 unspecified atom stereocenters. The van der Waals surface area contributed by atoms with Crippen molar-refractivity contribution < 1.29 is 24.4 Å². The molecule has 9 nitrogen and oxygen atoms in total. The summed E-state index contributed by atoms with van der Waals surface area (Å²) in [6, 6.07) is 19.6. The maximum Gasteiger partial charge on any atom is 0.295 e. The molecule has 1 heterocycles. The lowest BCUT2D eigenvalue weighted by molar-refractivity contribution is -0.384. The van der Waals surface area contributed by atoms with Gasteiger partial charge in [-0.3, -0.25) is 19.7 Å². The standard InChI is InChI=1S/C30H31N3O6/c1-20-18-23(12-15-25(20)39-19-21-8-5-4-6-9-21)28(34)26-27(22-10-13-24(14-11-22)33(37)38)32(30(36)29(26)35)17-7-16-31(2)3/h4-6,8-15,18,27,34H,7,16-17,19H2,1-3H3. The second-order valence-electron chi connectivity index (χ2n) is 9.75. The second kappa shape index (κ2) is 11.9. The smallest absolute Gasteiger partial charge is 0.295 e. The third-order valence-electron chi connectivity index (χ3n) is 6.65. The van der Waals surface area contributed by atoms with Crippen molar-refractivity contribution in [2.45, 2.75) is 26.0 Å². The normalized spacial score (nSPS) is 16.6. The van der Waals surface area contributed by atoms with E-state index in [2.05, 4.69) is 0 Å². The third-order valence-corrected chi connectivity index (χ3v) is 6.65. The highest BCUT2D eigenvalue weighted by atomic mass is 16.6. The fourth-order valence-electron chi connectivity index (χ4n) is 4.64. The van der Waals surface area contributed by atoms with Crippen LogP contribution in [-0.2, 0) is 16.2 Å². The highest BCUT2D eigenvalue weighted by Gasteiger charge is 2.45. The lowest BCUT2D eigenvalue weighted by atomic mass is 9.94. The molecule has 4 rings (SSSR count). The predicted molar refractivity (Wildman–Crippen MR) is 147 cm³/mol. The first-order valence-electron chi connectivity index (χ1n) is 12.6. The van der Waals surface area contributed by atoms with Crippen LogP contribution in [0, 0.1) is 17.0 Å². The average molecular weight is 530 g/mol. The Morgan fingerprint density at radius 2 is 1.74 bits per heavy atom. The van der Waals surface area contributed by atoms with E-state index in [4.69, 9.17) is 4.74 Å². The zero-order chi connectivity index (χ0) is 28.1. The minimum atomic E-state index is -0.873. The Hall–Kier alpha value is -4.50. The average Bonchev–Trinajstić information content (AvgIpc) is 3.17. The van der Waals surface area contributed by atoms with Gasteiger partial charge in [-0.05, 0) is 81.0 Å². The van der Waals surface area contributed by atoms with Crippen molar-refractivity contribution in [3.05, 3.63) is 111 Å². The van der Waals surface area contributed by atoms with E-state index < -0.39 is 22.7 Å². The van der Waals surface area contributed by atoms with Gasteiger partial charge in [-0.2, -0.15) is 0 Å². The quantitative estimate of drug-likeness (QED) is 0.131. The number of nitro benzene ring substituents is 1. The lowest BCUT2D eigenvalue weighted by Gasteiger charge is -2.26. The van der Waals surface area contributed by atoms with E-state index in [9.17, 15) is 24.8 Å². The lowest BCUT2D eigenvalue weighted by Crippen LogP contribution is -2.32. The van der Waals surface area contributed by atoms with Gasteiger partial charge in [0, 0.05) is 24.2 Å². The molecule has 0 radical (unpaired) electrons. The molecule has 0 aromatic heterocycles. The minimum absolute atomic E-state index is 0.0453. The molecular weight excluding hydrogens is 498 g/mol. The molecule has 9 heteroatoms. The number of benzene rings is 3. The number of hydrogen-bond donors (Lipinski definition) is 1. The number of amides is 1. The molecule has 1 N–H and O–H groups in total. The van der Waals surface area contributed by atoms with Gasteiger partial charge in [-0.15, -0.1) is 0 Å². The van der Waals surface area contributed by atoms with E-state index in [-0.39, 0.29) is 23.6 Å². The Morgan fingerprint density at radius 3 is 2.36 bits per heavy atom. The molecule has 39 heavy (non-hydrogen) atoms. The number of Topliss-reactive ketones (excluding diaryl/α,β-unsaturated/α-hetero) is 1. The Kier molecular flexibility index (Phi) is 8.41. The Labute approximate surface area is 227 Å². The minimum Gasteiger partial charge on any atom is -0.507 e. The number of nitro groups is 1. The van der Waals surface area contributed by atoms with E-state index in [1.807, 2.05) is 56.3 Å². The number of rotatable bonds is 10. The molecule has 1 atom stereocenters. The van der Waals surface area contributed by atoms with Crippen molar-refractivity contribution in [1.29, 1.82) is 0 Å². The fraction of sp³-hybridized carbons (Fsp3) is 0.267. The summed E-state index contributed by atoms with van der Waals surface area (Å²) < 4.78 is 5.94. The second-order valence-corrected chi connectivity index (χ2v) is 9.75. The summed E-state index contributed by atoms with van der Waals surface area (Å²) in [4.78, 5) is 40.4. The first-order chi connectivity index (χ1) is 18.7. The number of carbonyl (C=O) groups is 2. The van der Waals surface area contributed by atoms with Crippen LogP contribution in [0.25, 0.3) is 5.76 Å². The largest absolute Gasteiger partial charge is 0.507 e. The van der Waals surface area contributed by atoms with E-state index in [0.29, 0.717) is 36.4 Å². The summed E-state index contributed by atoms with van der Waals surface area (Å²) in [6.45, 7) is 3.20. The molecule has 202 valence electrons. The highest BCUT2D eigenvalue weighted by Crippen LogP contribution is 2.40. The predicted octanol–water partition coefficient (Wildman–Crippen LogP) is 4.86. The van der Waals surface area contributed by atoms with Gasteiger partial charge in [0.1, 0.15) is 18.1 Å². The summed E-state index contributed by atoms with van der Waals surface area (Å²) in [5, 5.41) is 22.5. The van der Waals surface area contributed by atoms with Crippen LogP contribution in [0.3, 0.4) is 0 Å². The van der Waals surface area contributed by atoms with Crippen molar-refractivity contribution in [3.8, 4) is 5.75 Å². The van der Waals surface area contributed by atoms with Crippen molar-refractivity contribution in [3.63, 3.8) is 0 Å². The Morgan fingerprint density at radius 1 is 1.05 bits per heavy atom. The number of hydrogen-bond acceptors (Lipinski definition) is 7. The number of aliphatic hydroxyl groups is 1. The number of likely N-dealkylation sites (tertiary alicyclic amines) is 1. The summed E-state index contributed by atoms with van der Waals surface area (Å²) in [5.74, 6) is -1.17. The van der Waals surface area contributed by atoms with Gasteiger partial charge in [0.2, 0.25) is 0 Å². The zero-order valence-corrected chi connectivity index (χ0v) is 22.2. The Bertz CT molecular complexity index is 1400. The topological polar surface area (TPSA) is 113 Å². The van der Waals surface area contributed by atoms with Gasteiger partial charge in [-0.25, -0.2) is 0 Å². The van der Waals surface area contributed by atoms with Crippen LogP contribution in [0.2, 0.25) is 0 Å². The highest BCUT2D eigenvalue weighted by molar-refractivity contribution is 6.46. The van der Waals surface area contributed by atoms with Gasteiger partial charge < -0.3 is 19.6 Å². The fourth-order valence-corrected chi connectivity index (χ4v) is 4.64. The summed E-state index contributed by atoms with van der Waals surface area (Å²) >= 11 is 0. The number of ketones is 1. The molecule has 3 aromatic rings. The number of ether oxygens (including phenoxy) is 1. The number of nitrogens with zero attached hydrogens (tertiary/aromatic N) is 3. The number of aliphatic hydroxyl groups excluding tert-OH is 1. The van der Waals surface area contributed by atoms with Crippen molar-refractivity contribution in [2.24, 2.45) is 0 Å². The molecule has 1 amide bonds. The van der Waals surface area contributed by atoms with Crippen LogP contribution in [0.4, 0.5) is 5.69 Å². The van der Waals surface area contributed by atoms with Crippen LogP contribution in [-0.4, -0.2) is 58.7 Å². The van der Waals surface area contributed by atoms with Gasteiger partial charge in [-0.1, -0.05) is 30.3 Å². The van der Waals surface area contributed by atoms with Crippen molar-refractivity contribution in [1.82, 2.24) is 9.80 Å². The molecule has 1 aliphatic heterocycles. The van der Waals surface area contributed by atoms with Gasteiger partial charge in [0.15, 0.2) is 0 Å². The first-order valence-corrected chi connectivity index (χ1v) is 12.6. The van der Waals surface area contributed by atoms with Crippen LogP contribution in [0.5, 0.6) is 5.75 Å². The molecule has 0 spiro atoms. The van der Waals surface area contributed by atoms with Crippen LogP contribution < -0.4 is 4.74 Å². The molecule has 3 aromatic carbocycles. The molecule has 0 aliphatic carbocycles. The van der Waals surface area contributed by atoms with E-state index in [1.165, 1.54) is 29.2 Å². The summed E-state index contributed by atoms with van der Waals surface area (Å²) in [7, 11) is 3.83. The Balaban J connectivity index is 1.69. The van der Waals surface area contributed by atoms with Crippen molar-refractivity contribution in [2.75, 3.05) is 27.2 Å². The van der Waals surface area contributed by atoms with Crippen LogP contribution >= 0.6 is 0 Å². The van der Waals surface area contributed by atoms with Gasteiger partial charge in [0.05, 0.1) is 16.5 Å². The molecule has 1 fully saturated rings. The first kappa shape index (κ1) is 27.5. The third kappa shape index (κ3) is 6.15. The van der Waals surface area contributed by atoms with E-state index in [1.54, 1.807) is 18.2 Å². The molecule has 0 bridgehead atoms.